The normalized spacial score (nSPS) is 13.0. The fraction of sp³-hybridized carbons (Fsp3) is 0.205. The number of H-pyrrole nitrogens is 1. The molecule has 274 valence electrons. The molecule has 1 aliphatic rings. The predicted molar refractivity (Wildman–Crippen MR) is 206 cm³/mol. The maximum atomic E-state index is 14.1. The molecule has 1 heterocycles. The average molecular weight is 724 g/mol. The van der Waals surface area contributed by atoms with Crippen molar-refractivity contribution in [3.8, 4) is 22.6 Å². The lowest BCUT2D eigenvalue weighted by Crippen LogP contribution is -2.53. The number of phenolic OH excluding ortho intramolecular Hbond substituents is 1. The summed E-state index contributed by atoms with van der Waals surface area (Å²) >= 11 is 0. The quantitative estimate of drug-likeness (QED) is 0.0960. The predicted octanol–water partition coefficient (Wildman–Crippen LogP) is 6.82. The lowest BCUT2D eigenvalue weighted by atomic mass is 9.98. The molecule has 0 saturated heterocycles. The Hall–Kier alpha value is -6.55. The van der Waals surface area contributed by atoms with Crippen LogP contribution in [0.15, 0.2) is 121 Å². The van der Waals surface area contributed by atoms with Crippen LogP contribution in [0, 0.1) is 0 Å². The van der Waals surface area contributed by atoms with Gasteiger partial charge in [-0.2, -0.15) is 0 Å². The first-order valence-corrected chi connectivity index (χ1v) is 17.8. The number of nitrogens with one attached hydrogen (secondary N) is 3. The van der Waals surface area contributed by atoms with Crippen LogP contribution in [-0.2, 0) is 38.3 Å². The molecule has 0 bridgehead atoms. The van der Waals surface area contributed by atoms with E-state index in [1.54, 1.807) is 19.2 Å². The minimum absolute atomic E-state index is 0.0652. The lowest BCUT2D eigenvalue weighted by Gasteiger charge is -2.23. The van der Waals surface area contributed by atoms with Crippen molar-refractivity contribution in [3.05, 3.63) is 155 Å². The van der Waals surface area contributed by atoms with Gasteiger partial charge in [-0.3, -0.25) is 4.79 Å². The number of rotatable bonds is 13. The largest absolute Gasteiger partial charge is 0.508 e. The molecule has 7 rings (SSSR count). The Morgan fingerprint density at radius 2 is 1.35 bits per heavy atom. The molecule has 0 radical (unpaired) electrons. The van der Waals surface area contributed by atoms with Crippen LogP contribution in [0.1, 0.15) is 39.4 Å². The number of ether oxygens (including phenoxy) is 3. The Morgan fingerprint density at radius 3 is 2.02 bits per heavy atom. The molecule has 2 amide bonds. The number of methoxy groups -OCH3 is 2. The highest BCUT2D eigenvalue weighted by Gasteiger charge is 2.32. The van der Waals surface area contributed by atoms with E-state index in [1.165, 1.54) is 19.2 Å². The molecule has 54 heavy (non-hydrogen) atoms. The second kappa shape index (κ2) is 16.0. The van der Waals surface area contributed by atoms with Crippen LogP contribution in [-0.4, -0.2) is 61.0 Å². The number of aromatic hydroxyl groups is 1. The minimum Gasteiger partial charge on any atom is -0.508 e. The average Bonchev–Trinajstić information content (AvgIpc) is 3.71. The Bertz CT molecular complexity index is 2240. The third kappa shape index (κ3) is 7.78. The Balaban J connectivity index is 1.11. The number of carbonyl (C=O) groups is 3. The van der Waals surface area contributed by atoms with Gasteiger partial charge in [-0.25, -0.2) is 9.59 Å². The van der Waals surface area contributed by atoms with Crippen LogP contribution in [0.3, 0.4) is 0 Å². The summed E-state index contributed by atoms with van der Waals surface area (Å²) in [5.74, 6) is -0.576. The Morgan fingerprint density at radius 1 is 0.722 bits per heavy atom. The summed E-state index contributed by atoms with van der Waals surface area (Å²) in [5, 5.41) is 16.4. The van der Waals surface area contributed by atoms with E-state index < -0.39 is 30.1 Å². The number of para-hydroxylation sites is 1. The van der Waals surface area contributed by atoms with Crippen molar-refractivity contribution in [1.82, 2.24) is 15.6 Å². The van der Waals surface area contributed by atoms with Crippen molar-refractivity contribution in [2.45, 2.75) is 37.3 Å². The molecular weight excluding hydrogens is 682 g/mol. The van der Waals surface area contributed by atoms with E-state index in [0.717, 1.165) is 55.7 Å². The van der Waals surface area contributed by atoms with Gasteiger partial charge < -0.3 is 34.9 Å². The summed E-state index contributed by atoms with van der Waals surface area (Å²) < 4.78 is 16.3. The highest BCUT2D eigenvalue weighted by Crippen LogP contribution is 2.44. The highest BCUT2D eigenvalue weighted by molar-refractivity contribution is 5.91. The number of aromatic nitrogens is 1. The van der Waals surface area contributed by atoms with Crippen LogP contribution in [0.2, 0.25) is 0 Å². The molecule has 0 fully saturated rings. The molecule has 0 aliphatic heterocycles. The minimum atomic E-state index is -1.13. The van der Waals surface area contributed by atoms with Crippen LogP contribution >= 0.6 is 0 Å². The van der Waals surface area contributed by atoms with E-state index in [-0.39, 0.29) is 31.1 Å². The number of carbonyl (C=O) groups excluding carboxylic acids is 3. The van der Waals surface area contributed by atoms with Crippen molar-refractivity contribution in [1.29, 1.82) is 0 Å². The summed E-state index contributed by atoms with van der Waals surface area (Å²) in [5.41, 5.74) is 8.69. The smallest absolute Gasteiger partial charge is 0.407 e. The first-order chi connectivity index (χ1) is 26.3. The topological polar surface area (TPSA) is 139 Å². The van der Waals surface area contributed by atoms with E-state index in [1.807, 2.05) is 84.9 Å². The fourth-order valence-corrected chi connectivity index (χ4v) is 7.26. The van der Waals surface area contributed by atoms with Gasteiger partial charge in [0.25, 0.3) is 0 Å². The van der Waals surface area contributed by atoms with E-state index in [2.05, 4.69) is 27.8 Å². The lowest BCUT2D eigenvalue weighted by molar-refractivity contribution is -0.145. The first-order valence-electron chi connectivity index (χ1n) is 17.8. The second-order valence-electron chi connectivity index (χ2n) is 13.3. The second-order valence-corrected chi connectivity index (χ2v) is 13.3. The van der Waals surface area contributed by atoms with Gasteiger partial charge in [-0.05, 0) is 69.3 Å². The van der Waals surface area contributed by atoms with E-state index in [0.29, 0.717) is 12.0 Å². The Kier molecular flexibility index (Phi) is 10.6. The van der Waals surface area contributed by atoms with E-state index in [9.17, 15) is 19.5 Å². The number of alkyl carbamates (subject to hydrolysis) is 1. The molecule has 10 nitrogen and oxygen atoms in total. The number of hydrogen-bond donors (Lipinski definition) is 4. The van der Waals surface area contributed by atoms with Gasteiger partial charge >= 0.3 is 12.1 Å². The molecule has 4 N–H and O–H groups in total. The van der Waals surface area contributed by atoms with Gasteiger partial charge in [0, 0.05) is 41.8 Å². The highest BCUT2D eigenvalue weighted by atomic mass is 16.5. The standard InChI is InChI=1S/C44H41N3O7/c1-52-30-21-17-28(18-22-30)23-39-36(35-13-7-8-14-38(35)45-39)25-41(43(50)53-2)46-42(49)40(24-27-15-19-29(48)20-16-27)47-44(51)54-26-37-33-11-5-3-9-31(33)32-10-4-6-12-34(32)37/h3-22,37,40-41,45,48H,23-26H2,1-2H3,(H,46,49)(H,47,51)/t40?,41-/m0/s1. The molecule has 5 aromatic carbocycles. The maximum absolute atomic E-state index is 14.1. The molecule has 1 aliphatic carbocycles. The molecule has 2 atom stereocenters. The van der Waals surface area contributed by atoms with Crippen LogP contribution in [0.25, 0.3) is 22.0 Å². The number of benzene rings is 5. The van der Waals surface area contributed by atoms with Gasteiger partial charge in [-0.15, -0.1) is 0 Å². The zero-order valence-corrected chi connectivity index (χ0v) is 30.0. The monoisotopic (exact) mass is 723 g/mol. The SMILES string of the molecule is COC(=O)[C@H](Cc1c(Cc2ccc(OC)cc2)[nH]c2ccccc12)NC(=O)C(Cc1ccc(O)cc1)NC(=O)OCC1c2ccccc2-c2ccccc21. The van der Waals surface area contributed by atoms with Gasteiger partial charge in [-0.1, -0.05) is 91.0 Å². The van der Waals surface area contributed by atoms with Crippen LogP contribution < -0.4 is 15.4 Å². The van der Waals surface area contributed by atoms with Crippen molar-refractivity contribution in [2.75, 3.05) is 20.8 Å². The number of esters is 1. The number of amides is 2. The fourth-order valence-electron chi connectivity index (χ4n) is 7.26. The molecule has 0 saturated carbocycles. The zero-order chi connectivity index (χ0) is 37.6. The third-order valence-corrected chi connectivity index (χ3v) is 9.98. The molecule has 6 aromatic rings. The number of phenols is 1. The number of aromatic amines is 1. The van der Waals surface area contributed by atoms with Crippen molar-refractivity contribution in [3.63, 3.8) is 0 Å². The third-order valence-electron chi connectivity index (χ3n) is 9.98. The zero-order valence-electron chi connectivity index (χ0n) is 30.0. The molecule has 0 spiro atoms. The number of fused-ring (bicyclic) bond motifs is 4. The summed E-state index contributed by atoms with van der Waals surface area (Å²) in [6.07, 6.45) is -0.0307. The van der Waals surface area contributed by atoms with Gasteiger partial charge in [0.2, 0.25) is 5.91 Å². The Labute approximate surface area is 313 Å². The van der Waals surface area contributed by atoms with Crippen molar-refractivity contribution < 1.29 is 33.7 Å². The number of hydrogen-bond acceptors (Lipinski definition) is 7. The van der Waals surface area contributed by atoms with Crippen LogP contribution in [0.5, 0.6) is 11.5 Å². The van der Waals surface area contributed by atoms with Gasteiger partial charge in [0.15, 0.2) is 0 Å². The van der Waals surface area contributed by atoms with Gasteiger partial charge in [0.1, 0.15) is 30.2 Å². The molecule has 10 heteroatoms. The maximum Gasteiger partial charge on any atom is 0.407 e. The molecule has 1 unspecified atom stereocenters. The summed E-state index contributed by atoms with van der Waals surface area (Å²) in [6, 6.07) is 35.8. The van der Waals surface area contributed by atoms with Crippen LogP contribution in [0.4, 0.5) is 4.79 Å². The van der Waals surface area contributed by atoms with Crippen molar-refractivity contribution >= 4 is 28.9 Å². The van der Waals surface area contributed by atoms with E-state index >= 15 is 0 Å². The van der Waals surface area contributed by atoms with Crippen molar-refractivity contribution in [2.24, 2.45) is 0 Å². The first kappa shape index (κ1) is 35.8. The molecule has 1 aromatic heterocycles. The van der Waals surface area contributed by atoms with Gasteiger partial charge in [0.05, 0.1) is 14.2 Å². The van der Waals surface area contributed by atoms with E-state index in [4.69, 9.17) is 14.2 Å². The summed E-state index contributed by atoms with van der Waals surface area (Å²) in [7, 11) is 2.90. The molecular formula is C44H41N3O7. The summed E-state index contributed by atoms with van der Waals surface area (Å²) in [6.45, 7) is 0.0652. The summed E-state index contributed by atoms with van der Waals surface area (Å²) in [4.78, 5) is 44.4.